The smallest absolute Gasteiger partial charge is 0.118 e. The molecule has 0 aliphatic carbocycles. The van der Waals surface area contributed by atoms with Crippen LogP contribution in [0.2, 0.25) is 0 Å². The van der Waals surface area contributed by atoms with Gasteiger partial charge >= 0.3 is 0 Å². The fraction of sp³-hybridized carbons (Fsp3) is 0.647. The highest BCUT2D eigenvalue weighted by atomic mass is 16.5. The van der Waals surface area contributed by atoms with Gasteiger partial charge in [0.2, 0.25) is 0 Å². The van der Waals surface area contributed by atoms with Gasteiger partial charge in [0.1, 0.15) is 5.75 Å². The summed E-state index contributed by atoms with van der Waals surface area (Å²) in [6, 6.07) is 9.09. The molecule has 0 saturated carbocycles. The number of piperidine rings is 1. The van der Waals surface area contributed by atoms with Crippen LogP contribution in [0.25, 0.3) is 0 Å². The summed E-state index contributed by atoms with van der Waals surface area (Å²) in [5.74, 6) is 0.932. The van der Waals surface area contributed by atoms with Gasteiger partial charge in [-0.3, -0.25) is 4.90 Å². The zero-order valence-corrected chi connectivity index (χ0v) is 13.3. The van der Waals surface area contributed by atoms with Gasteiger partial charge in [0.05, 0.1) is 7.11 Å². The highest BCUT2D eigenvalue weighted by Gasteiger charge is 2.22. The quantitative estimate of drug-likeness (QED) is 0.915. The van der Waals surface area contributed by atoms with E-state index in [0.717, 1.165) is 12.3 Å². The van der Waals surface area contributed by atoms with Gasteiger partial charge in [-0.25, -0.2) is 0 Å². The van der Waals surface area contributed by atoms with E-state index < -0.39 is 0 Å². The molecule has 0 atom stereocenters. The Balaban J connectivity index is 1.79. The number of ether oxygens (including phenoxy) is 1. The molecule has 0 bridgehead atoms. The van der Waals surface area contributed by atoms with Crippen molar-refractivity contribution in [3.63, 3.8) is 0 Å². The molecule has 3 nitrogen and oxygen atoms in total. The van der Waals surface area contributed by atoms with E-state index in [1.807, 2.05) is 12.1 Å². The van der Waals surface area contributed by atoms with Crippen LogP contribution in [-0.4, -0.2) is 36.7 Å². The third-order valence-corrected chi connectivity index (χ3v) is 3.79. The predicted molar refractivity (Wildman–Crippen MR) is 84.2 cm³/mol. The normalized spacial score (nSPS) is 18.2. The maximum absolute atomic E-state index is 5.20. The lowest BCUT2D eigenvalue weighted by atomic mass is 9.99. The van der Waals surface area contributed by atoms with Crippen LogP contribution >= 0.6 is 0 Å². The second-order valence-corrected chi connectivity index (χ2v) is 6.79. The Morgan fingerprint density at radius 1 is 1.15 bits per heavy atom. The summed E-state index contributed by atoms with van der Waals surface area (Å²) >= 11 is 0. The SMILES string of the molecule is COc1ccc(CN2CCC(NC(C)(C)C)CC2)cc1. The van der Waals surface area contributed by atoms with Crippen LogP contribution in [-0.2, 0) is 6.54 Å². The minimum atomic E-state index is 0.225. The Morgan fingerprint density at radius 2 is 1.75 bits per heavy atom. The maximum Gasteiger partial charge on any atom is 0.118 e. The first-order valence-electron chi connectivity index (χ1n) is 7.59. The molecule has 0 unspecified atom stereocenters. The summed E-state index contributed by atoms with van der Waals surface area (Å²) in [6.07, 6.45) is 2.49. The van der Waals surface area contributed by atoms with E-state index in [9.17, 15) is 0 Å². The Bertz CT molecular complexity index is 400. The molecule has 0 spiro atoms. The number of nitrogens with one attached hydrogen (secondary N) is 1. The van der Waals surface area contributed by atoms with Gasteiger partial charge in [-0.15, -0.1) is 0 Å². The fourth-order valence-electron chi connectivity index (χ4n) is 2.84. The number of likely N-dealkylation sites (tertiary alicyclic amines) is 1. The Labute approximate surface area is 123 Å². The van der Waals surface area contributed by atoms with Gasteiger partial charge < -0.3 is 10.1 Å². The summed E-state index contributed by atoms with van der Waals surface area (Å²) in [5.41, 5.74) is 1.59. The summed E-state index contributed by atoms with van der Waals surface area (Å²) in [7, 11) is 1.71. The average molecular weight is 276 g/mol. The van der Waals surface area contributed by atoms with Crippen molar-refractivity contribution in [1.82, 2.24) is 10.2 Å². The van der Waals surface area contributed by atoms with Gasteiger partial charge in [-0.2, -0.15) is 0 Å². The van der Waals surface area contributed by atoms with Crippen LogP contribution in [0.1, 0.15) is 39.2 Å². The van der Waals surface area contributed by atoms with E-state index >= 15 is 0 Å². The van der Waals surface area contributed by atoms with Gasteiger partial charge in [-0.1, -0.05) is 12.1 Å². The molecule has 20 heavy (non-hydrogen) atoms. The van der Waals surface area contributed by atoms with Crippen LogP contribution in [0.5, 0.6) is 5.75 Å². The topological polar surface area (TPSA) is 24.5 Å². The minimum absolute atomic E-state index is 0.225. The molecule has 0 aromatic heterocycles. The van der Waals surface area contributed by atoms with Crippen molar-refractivity contribution in [1.29, 1.82) is 0 Å². The molecular formula is C17H28N2O. The van der Waals surface area contributed by atoms with Crippen LogP contribution in [0, 0.1) is 0 Å². The molecule has 2 rings (SSSR count). The van der Waals surface area contributed by atoms with Crippen LogP contribution in [0.15, 0.2) is 24.3 Å². The monoisotopic (exact) mass is 276 g/mol. The molecule has 1 aromatic carbocycles. The lowest BCUT2D eigenvalue weighted by Gasteiger charge is -2.36. The first kappa shape index (κ1) is 15.3. The van der Waals surface area contributed by atoms with Gasteiger partial charge in [0.25, 0.3) is 0 Å². The first-order valence-corrected chi connectivity index (χ1v) is 7.59. The highest BCUT2D eigenvalue weighted by Crippen LogP contribution is 2.18. The van der Waals surface area contributed by atoms with Crippen molar-refractivity contribution in [2.45, 2.75) is 51.7 Å². The first-order chi connectivity index (χ1) is 9.46. The molecule has 112 valence electrons. The molecule has 1 N–H and O–H groups in total. The van der Waals surface area contributed by atoms with Gasteiger partial charge in [-0.05, 0) is 64.4 Å². The van der Waals surface area contributed by atoms with E-state index in [1.165, 1.54) is 31.5 Å². The van der Waals surface area contributed by atoms with Gasteiger partial charge in [0.15, 0.2) is 0 Å². The summed E-state index contributed by atoms with van der Waals surface area (Å²) in [5, 5.41) is 3.71. The number of hydrogen-bond acceptors (Lipinski definition) is 3. The molecule has 3 heteroatoms. The van der Waals surface area contributed by atoms with Crippen molar-refractivity contribution < 1.29 is 4.74 Å². The lowest BCUT2D eigenvalue weighted by molar-refractivity contribution is 0.175. The second-order valence-electron chi connectivity index (χ2n) is 6.79. The largest absolute Gasteiger partial charge is 0.497 e. The van der Waals surface area contributed by atoms with E-state index in [4.69, 9.17) is 4.74 Å². The molecule has 1 saturated heterocycles. The van der Waals surface area contributed by atoms with Crippen molar-refractivity contribution in [3.05, 3.63) is 29.8 Å². The Hall–Kier alpha value is -1.06. The van der Waals surface area contributed by atoms with E-state index in [2.05, 4.69) is 43.1 Å². The number of methoxy groups -OCH3 is 1. The van der Waals surface area contributed by atoms with Crippen molar-refractivity contribution in [2.75, 3.05) is 20.2 Å². The molecule has 1 aromatic rings. The standard InChI is InChI=1S/C17H28N2O/c1-17(2,3)18-15-9-11-19(12-10-15)13-14-5-7-16(20-4)8-6-14/h5-8,15,18H,9-13H2,1-4H3. The van der Waals surface area contributed by atoms with Crippen LogP contribution in [0.4, 0.5) is 0 Å². The molecule has 1 fully saturated rings. The second kappa shape index (κ2) is 6.59. The molecular weight excluding hydrogens is 248 g/mol. The van der Waals surface area contributed by atoms with Crippen molar-refractivity contribution >= 4 is 0 Å². The highest BCUT2D eigenvalue weighted by molar-refractivity contribution is 5.27. The predicted octanol–water partition coefficient (Wildman–Crippen LogP) is 3.05. The minimum Gasteiger partial charge on any atom is -0.497 e. The molecule has 1 heterocycles. The maximum atomic E-state index is 5.20. The Morgan fingerprint density at radius 3 is 2.25 bits per heavy atom. The molecule has 1 aliphatic heterocycles. The van der Waals surface area contributed by atoms with Crippen LogP contribution in [0.3, 0.4) is 0 Å². The zero-order valence-electron chi connectivity index (χ0n) is 13.3. The number of hydrogen-bond donors (Lipinski definition) is 1. The molecule has 0 amide bonds. The number of nitrogens with zero attached hydrogens (tertiary/aromatic N) is 1. The number of benzene rings is 1. The number of rotatable bonds is 4. The van der Waals surface area contributed by atoms with E-state index in [1.54, 1.807) is 7.11 Å². The summed E-state index contributed by atoms with van der Waals surface area (Å²) in [4.78, 5) is 2.54. The van der Waals surface area contributed by atoms with E-state index in [0.29, 0.717) is 6.04 Å². The molecule has 0 radical (unpaired) electrons. The molecule has 1 aliphatic rings. The van der Waals surface area contributed by atoms with Gasteiger partial charge in [0, 0.05) is 18.1 Å². The summed E-state index contributed by atoms with van der Waals surface area (Å²) in [6.45, 7) is 10.1. The zero-order chi connectivity index (χ0) is 14.6. The van der Waals surface area contributed by atoms with Crippen molar-refractivity contribution in [2.24, 2.45) is 0 Å². The van der Waals surface area contributed by atoms with Crippen molar-refractivity contribution in [3.8, 4) is 5.75 Å². The lowest BCUT2D eigenvalue weighted by Crippen LogP contribution is -2.49. The fourth-order valence-corrected chi connectivity index (χ4v) is 2.84. The van der Waals surface area contributed by atoms with E-state index in [-0.39, 0.29) is 5.54 Å². The van der Waals surface area contributed by atoms with Crippen LogP contribution < -0.4 is 10.1 Å². The Kier molecular flexibility index (Phi) is 5.06. The summed E-state index contributed by atoms with van der Waals surface area (Å²) < 4.78 is 5.20. The average Bonchev–Trinajstić information content (AvgIpc) is 2.40. The third-order valence-electron chi connectivity index (χ3n) is 3.79. The third kappa shape index (κ3) is 4.80.